The molecular formula is C31H30N4O. The van der Waals surface area contributed by atoms with Gasteiger partial charge in [0.05, 0.1) is 11.0 Å². The minimum atomic E-state index is 0.298. The molecule has 1 atom stereocenters. The van der Waals surface area contributed by atoms with Crippen LogP contribution in [0.3, 0.4) is 0 Å². The van der Waals surface area contributed by atoms with Crippen LogP contribution in [0.5, 0.6) is 0 Å². The van der Waals surface area contributed by atoms with E-state index < -0.39 is 0 Å². The normalized spacial score (nSPS) is 17.9. The number of carbonyl (C=O) groups is 1. The second-order valence-corrected chi connectivity index (χ2v) is 10.6. The summed E-state index contributed by atoms with van der Waals surface area (Å²) in [7, 11) is 0. The van der Waals surface area contributed by atoms with Gasteiger partial charge in [0.1, 0.15) is 5.82 Å². The Morgan fingerprint density at radius 3 is 2.58 bits per heavy atom. The van der Waals surface area contributed by atoms with E-state index in [-0.39, 0.29) is 0 Å². The largest absolute Gasteiger partial charge is 0.361 e. The lowest BCUT2D eigenvalue weighted by atomic mass is 10.0. The first-order chi connectivity index (χ1) is 17.6. The molecule has 0 unspecified atom stereocenters. The molecule has 3 heterocycles. The van der Waals surface area contributed by atoms with Crippen molar-refractivity contribution in [2.75, 3.05) is 13.1 Å². The van der Waals surface area contributed by atoms with Gasteiger partial charge in [-0.1, -0.05) is 42.5 Å². The molecule has 1 aliphatic heterocycles. The second kappa shape index (κ2) is 8.37. The minimum absolute atomic E-state index is 0.298. The fourth-order valence-electron chi connectivity index (χ4n) is 5.71. The molecular weight excluding hydrogens is 444 g/mol. The highest BCUT2D eigenvalue weighted by Crippen LogP contribution is 2.34. The van der Waals surface area contributed by atoms with Gasteiger partial charge in [-0.2, -0.15) is 0 Å². The van der Waals surface area contributed by atoms with Crippen LogP contribution >= 0.6 is 0 Å². The van der Waals surface area contributed by atoms with Gasteiger partial charge in [0.25, 0.3) is 0 Å². The van der Waals surface area contributed by atoms with Crippen molar-refractivity contribution in [2.45, 2.75) is 32.7 Å². The Kier molecular flexibility index (Phi) is 4.98. The second-order valence-electron chi connectivity index (χ2n) is 10.6. The van der Waals surface area contributed by atoms with Crippen LogP contribution in [-0.4, -0.2) is 38.4 Å². The fourth-order valence-corrected chi connectivity index (χ4v) is 5.71. The number of carbonyl (C=O) groups excluding carboxylic acids is 1. The average molecular weight is 475 g/mol. The smallest absolute Gasteiger partial charge is 0.225 e. The van der Waals surface area contributed by atoms with Gasteiger partial charge in [-0.05, 0) is 78.4 Å². The molecule has 2 aromatic heterocycles. The van der Waals surface area contributed by atoms with Crippen molar-refractivity contribution in [3.05, 3.63) is 78.5 Å². The summed E-state index contributed by atoms with van der Waals surface area (Å²) in [5, 5.41) is 1.23. The van der Waals surface area contributed by atoms with Crippen LogP contribution in [-0.2, 0) is 11.3 Å². The van der Waals surface area contributed by atoms with E-state index in [1.807, 2.05) is 6.20 Å². The molecule has 1 aliphatic carbocycles. The lowest BCUT2D eigenvalue weighted by molar-refractivity contribution is -0.131. The van der Waals surface area contributed by atoms with E-state index in [4.69, 9.17) is 4.98 Å². The lowest BCUT2D eigenvalue weighted by Crippen LogP contribution is -2.30. The number of benzene rings is 3. The Bertz CT molecular complexity index is 1590. The van der Waals surface area contributed by atoms with Crippen molar-refractivity contribution in [1.82, 2.24) is 19.4 Å². The first-order valence-corrected chi connectivity index (χ1v) is 13.1. The van der Waals surface area contributed by atoms with Gasteiger partial charge in [-0.3, -0.25) is 4.79 Å². The first kappa shape index (κ1) is 21.4. The quantitative estimate of drug-likeness (QED) is 0.320. The summed E-state index contributed by atoms with van der Waals surface area (Å²) in [4.78, 5) is 23.1. The number of imidazole rings is 1. The van der Waals surface area contributed by atoms with Crippen molar-refractivity contribution in [3.8, 4) is 22.5 Å². The third-order valence-electron chi connectivity index (χ3n) is 7.90. The number of likely N-dealkylation sites (tertiary alicyclic amines) is 1. The third-order valence-corrected chi connectivity index (χ3v) is 7.90. The third kappa shape index (κ3) is 3.79. The Morgan fingerprint density at radius 1 is 0.944 bits per heavy atom. The van der Waals surface area contributed by atoms with E-state index in [2.05, 4.69) is 88.1 Å². The molecule has 2 aliphatic rings. The molecule has 36 heavy (non-hydrogen) atoms. The number of amides is 1. The van der Waals surface area contributed by atoms with E-state index in [1.54, 1.807) is 0 Å². The van der Waals surface area contributed by atoms with Gasteiger partial charge in [-0.15, -0.1) is 0 Å². The monoisotopic (exact) mass is 474 g/mol. The van der Waals surface area contributed by atoms with Gasteiger partial charge in [0, 0.05) is 42.8 Å². The Balaban J connectivity index is 1.21. The summed E-state index contributed by atoms with van der Waals surface area (Å²) in [5.74, 6) is 2.13. The molecule has 5 heteroatoms. The Morgan fingerprint density at radius 2 is 1.75 bits per heavy atom. The van der Waals surface area contributed by atoms with E-state index in [9.17, 15) is 4.79 Å². The summed E-state index contributed by atoms with van der Waals surface area (Å²) < 4.78 is 2.39. The number of aromatic nitrogens is 3. The number of nitrogens with zero attached hydrogens (tertiary/aromatic N) is 3. The molecule has 0 radical (unpaired) electrons. The maximum atomic E-state index is 12.6. The Labute approximate surface area is 210 Å². The zero-order chi connectivity index (χ0) is 24.2. The number of hydrogen-bond donors (Lipinski definition) is 1. The number of hydrogen-bond acceptors (Lipinski definition) is 2. The molecule has 180 valence electrons. The van der Waals surface area contributed by atoms with Crippen molar-refractivity contribution in [1.29, 1.82) is 0 Å². The summed E-state index contributed by atoms with van der Waals surface area (Å²) in [6.07, 6.45) is 5.19. The van der Waals surface area contributed by atoms with Gasteiger partial charge in [-0.25, -0.2) is 4.98 Å². The summed E-state index contributed by atoms with van der Waals surface area (Å²) in [6.45, 7) is 4.77. The fraction of sp³-hybridized carbons (Fsp3) is 0.290. The minimum Gasteiger partial charge on any atom is -0.361 e. The average Bonchev–Trinajstić information content (AvgIpc) is 3.30. The summed E-state index contributed by atoms with van der Waals surface area (Å²) in [5.41, 5.74) is 8.11. The zero-order valence-corrected chi connectivity index (χ0v) is 20.6. The zero-order valence-electron chi connectivity index (χ0n) is 20.6. The van der Waals surface area contributed by atoms with E-state index in [1.165, 1.54) is 27.6 Å². The molecule has 5 nitrogen and oxygen atoms in total. The van der Waals surface area contributed by atoms with Gasteiger partial charge in [0.15, 0.2) is 0 Å². The van der Waals surface area contributed by atoms with E-state index >= 15 is 0 Å². The molecule has 0 spiro atoms. The summed E-state index contributed by atoms with van der Waals surface area (Å²) in [6, 6.07) is 23.9. The highest BCUT2D eigenvalue weighted by Gasteiger charge is 2.36. The maximum Gasteiger partial charge on any atom is 0.225 e. The first-order valence-electron chi connectivity index (χ1n) is 13.1. The standard InChI is InChI=1S/C31H30N4O/c1-20-2-11-27-29(16-20)35(19-21-13-15-34(18-21)31(36)25-8-9-25)30(33-27)24-6-3-22(4-7-24)26-10-5-23-12-14-32-28(23)17-26/h2-7,10-12,14,16-17,21,25,32H,8-9,13,15,18-19H2,1H3/t21-/m1/s1. The number of nitrogens with one attached hydrogen (secondary N) is 1. The van der Waals surface area contributed by atoms with Crippen LogP contribution < -0.4 is 0 Å². The van der Waals surface area contributed by atoms with Gasteiger partial charge < -0.3 is 14.5 Å². The van der Waals surface area contributed by atoms with Crippen LogP contribution in [0.2, 0.25) is 0 Å². The molecule has 1 saturated heterocycles. The van der Waals surface area contributed by atoms with Gasteiger partial charge in [0.2, 0.25) is 5.91 Å². The van der Waals surface area contributed by atoms with Crippen molar-refractivity contribution in [3.63, 3.8) is 0 Å². The predicted octanol–water partition coefficient (Wildman–Crippen LogP) is 6.42. The number of aryl methyl sites for hydroxylation is 1. The van der Waals surface area contributed by atoms with Crippen LogP contribution in [0.4, 0.5) is 0 Å². The van der Waals surface area contributed by atoms with Crippen LogP contribution in [0.15, 0.2) is 72.9 Å². The van der Waals surface area contributed by atoms with Gasteiger partial charge >= 0.3 is 0 Å². The Hall–Kier alpha value is -3.86. The number of rotatable bonds is 5. The van der Waals surface area contributed by atoms with Crippen LogP contribution in [0.1, 0.15) is 24.8 Å². The molecule has 3 aromatic carbocycles. The summed E-state index contributed by atoms with van der Waals surface area (Å²) >= 11 is 0. The molecule has 5 aromatic rings. The molecule has 2 fully saturated rings. The highest BCUT2D eigenvalue weighted by atomic mass is 16.2. The molecule has 1 saturated carbocycles. The lowest BCUT2D eigenvalue weighted by Gasteiger charge is -2.18. The predicted molar refractivity (Wildman–Crippen MR) is 145 cm³/mol. The molecule has 1 amide bonds. The highest BCUT2D eigenvalue weighted by molar-refractivity contribution is 5.86. The van der Waals surface area contributed by atoms with Crippen LogP contribution in [0.25, 0.3) is 44.5 Å². The van der Waals surface area contributed by atoms with Crippen molar-refractivity contribution in [2.24, 2.45) is 11.8 Å². The molecule has 7 rings (SSSR count). The molecule has 0 bridgehead atoms. The van der Waals surface area contributed by atoms with Crippen molar-refractivity contribution >= 4 is 27.8 Å². The van der Waals surface area contributed by atoms with Crippen LogP contribution in [0, 0.1) is 18.8 Å². The topological polar surface area (TPSA) is 53.9 Å². The number of H-pyrrole nitrogens is 1. The maximum absolute atomic E-state index is 12.6. The molecule has 1 N–H and O–H groups in total. The SMILES string of the molecule is Cc1ccc2nc(-c3ccc(-c4ccc5cc[nH]c5c4)cc3)n(C[C@@H]3CCN(C(=O)C4CC4)C3)c2c1. The van der Waals surface area contributed by atoms with E-state index in [0.717, 1.165) is 61.3 Å². The number of fused-ring (bicyclic) bond motifs is 2. The number of aromatic amines is 1. The van der Waals surface area contributed by atoms with E-state index in [0.29, 0.717) is 17.7 Å². The van der Waals surface area contributed by atoms with Crippen molar-refractivity contribution < 1.29 is 4.79 Å².